The summed E-state index contributed by atoms with van der Waals surface area (Å²) in [5, 5.41) is 3.12. The number of benzene rings is 2. The van der Waals surface area contributed by atoms with Gasteiger partial charge in [-0.2, -0.15) is 0 Å². The summed E-state index contributed by atoms with van der Waals surface area (Å²) in [4.78, 5) is 8.66. The highest BCUT2D eigenvalue weighted by Gasteiger charge is 2.09. The van der Waals surface area contributed by atoms with E-state index in [2.05, 4.69) is 15.3 Å². The van der Waals surface area contributed by atoms with Crippen molar-refractivity contribution < 1.29 is 4.39 Å². The second kappa shape index (κ2) is 5.71. The van der Waals surface area contributed by atoms with E-state index in [1.807, 2.05) is 37.3 Å². The van der Waals surface area contributed by atoms with Crippen LogP contribution in [0.15, 0.2) is 60.8 Å². The molecule has 104 valence electrons. The Balaban J connectivity index is 1.92. The zero-order valence-corrected chi connectivity index (χ0v) is 11.5. The molecule has 0 aliphatic rings. The van der Waals surface area contributed by atoms with Crippen LogP contribution in [-0.2, 0) is 0 Å². The molecule has 0 spiro atoms. The van der Waals surface area contributed by atoms with Crippen molar-refractivity contribution in [2.75, 3.05) is 5.32 Å². The van der Waals surface area contributed by atoms with E-state index in [-0.39, 0.29) is 5.82 Å². The number of hydrogen-bond donors (Lipinski definition) is 1. The summed E-state index contributed by atoms with van der Waals surface area (Å²) >= 11 is 0. The fourth-order valence-corrected chi connectivity index (χ4v) is 2.12. The number of nitrogens with one attached hydrogen (secondary N) is 1. The highest BCUT2D eigenvalue weighted by molar-refractivity contribution is 5.66. The third-order valence-corrected chi connectivity index (χ3v) is 3.17. The van der Waals surface area contributed by atoms with Crippen molar-refractivity contribution in [1.82, 2.24) is 9.97 Å². The number of rotatable bonds is 3. The minimum Gasteiger partial charge on any atom is -0.324 e. The van der Waals surface area contributed by atoms with Gasteiger partial charge in [-0.05, 0) is 25.1 Å². The molecule has 4 heteroatoms. The average molecular weight is 279 g/mol. The van der Waals surface area contributed by atoms with Gasteiger partial charge in [-0.25, -0.2) is 14.4 Å². The highest BCUT2D eigenvalue weighted by atomic mass is 19.1. The van der Waals surface area contributed by atoms with E-state index in [1.165, 1.54) is 6.07 Å². The Kier molecular flexibility index (Phi) is 3.60. The number of halogens is 1. The Morgan fingerprint density at radius 2 is 1.62 bits per heavy atom. The predicted molar refractivity (Wildman–Crippen MR) is 81.9 cm³/mol. The molecule has 21 heavy (non-hydrogen) atoms. The SMILES string of the molecule is Cc1nc(Nc2ccccc2)ncc1-c1ccccc1F. The standard InChI is InChI=1S/C17H14FN3/c1-12-15(14-9-5-6-10-16(14)18)11-19-17(20-12)21-13-7-3-2-4-8-13/h2-11H,1H3,(H,19,20,21). The summed E-state index contributed by atoms with van der Waals surface area (Å²) in [6, 6.07) is 16.3. The normalized spacial score (nSPS) is 10.4. The molecule has 3 aromatic rings. The topological polar surface area (TPSA) is 37.8 Å². The molecule has 0 aliphatic carbocycles. The molecular formula is C17H14FN3. The Morgan fingerprint density at radius 1 is 0.905 bits per heavy atom. The van der Waals surface area contributed by atoms with Gasteiger partial charge in [0.1, 0.15) is 5.82 Å². The smallest absolute Gasteiger partial charge is 0.227 e. The summed E-state index contributed by atoms with van der Waals surface area (Å²) in [6.07, 6.45) is 1.64. The zero-order valence-electron chi connectivity index (χ0n) is 11.5. The lowest BCUT2D eigenvalue weighted by Crippen LogP contribution is -2.00. The maximum absolute atomic E-state index is 13.8. The van der Waals surface area contributed by atoms with Gasteiger partial charge in [-0.1, -0.05) is 36.4 Å². The lowest BCUT2D eigenvalue weighted by molar-refractivity contribution is 0.631. The third-order valence-electron chi connectivity index (χ3n) is 3.17. The first-order valence-electron chi connectivity index (χ1n) is 6.64. The summed E-state index contributed by atoms with van der Waals surface area (Å²) in [7, 11) is 0. The monoisotopic (exact) mass is 279 g/mol. The molecule has 3 rings (SSSR count). The van der Waals surface area contributed by atoms with Crippen molar-refractivity contribution in [3.8, 4) is 11.1 Å². The lowest BCUT2D eigenvalue weighted by atomic mass is 10.1. The van der Waals surface area contributed by atoms with E-state index >= 15 is 0 Å². The minimum atomic E-state index is -0.270. The van der Waals surface area contributed by atoms with Crippen LogP contribution in [-0.4, -0.2) is 9.97 Å². The van der Waals surface area contributed by atoms with Crippen molar-refractivity contribution in [2.45, 2.75) is 6.92 Å². The largest absolute Gasteiger partial charge is 0.324 e. The molecule has 0 aliphatic heterocycles. The van der Waals surface area contributed by atoms with Gasteiger partial charge < -0.3 is 5.32 Å². The molecule has 0 radical (unpaired) electrons. The van der Waals surface area contributed by atoms with Gasteiger partial charge >= 0.3 is 0 Å². The van der Waals surface area contributed by atoms with Gasteiger partial charge in [-0.3, -0.25) is 0 Å². The van der Waals surface area contributed by atoms with Crippen LogP contribution < -0.4 is 5.32 Å². The van der Waals surface area contributed by atoms with Gasteiger partial charge in [-0.15, -0.1) is 0 Å². The molecular weight excluding hydrogens is 265 g/mol. The van der Waals surface area contributed by atoms with E-state index in [0.29, 0.717) is 17.1 Å². The number of para-hydroxylation sites is 1. The molecule has 0 fully saturated rings. The first-order valence-corrected chi connectivity index (χ1v) is 6.64. The molecule has 3 nitrogen and oxygen atoms in total. The minimum absolute atomic E-state index is 0.270. The molecule has 0 bridgehead atoms. The van der Waals surface area contributed by atoms with Gasteiger partial charge in [0.25, 0.3) is 0 Å². The summed E-state index contributed by atoms with van der Waals surface area (Å²) in [6.45, 7) is 1.85. The molecule has 1 heterocycles. The molecule has 1 N–H and O–H groups in total. The number of aryl methyl sites for hydroxylation is 1. The van der Waals surface area contributed by atoms with Crippen LogP contribution in [0, 0.1) is 12.7 Å². The number of aromatic nitrogens is 2. The fourth-order valence-electron chi connectivity index (χ4n) is 2.12. The van der Waals surface area contributed by atoms with Crippen LogP contribution in [0.5, 0.6) is 0 Å². The Bertz CT molecular complexity index is 757. The quantitative estimate of drug-likeness (QED) is 0.775. The van der Waals surface area contributed by atoms with E-state index in [1.54, 1.807) is 24.4 Å². The summed E-state index contributed by atoms with van der Waals surface area (Å²) in [5.41, 5.74) is 2.86. The van der Waals surface area contributed by atoms with Gasteiger partial charge in [0, 0.05) is 23.0 Å². The van der Waals surface area contributed by atoms with Crippen molar-refractivity contribution >= 4 is 11.6 Å². The van der Waals surface area contributed by atoms with Crippen LogP contribution in [0.25, 0.3) is 11.1 Å². The molecule has 1 aromatic heterocycles. The average Bonchev–Trinajstić information content (AvgIpc) is 2.50. The lowest BCUT2D eigenvalue weighted by Gasteiger charge is -2.09. The van der Waals surface area contributed by atoms with E-state index < -0.39 is 0 Å². The molecule has 0 saturated carbocycles. The van der Waals surface area contributed by atoms with Crippen LogP contribution in [0.3, 0.4) is 0 Å². The third kappa shape index (κ3) is 2.89. The van der Waals surface area contributed by atoms with Crippen LogP contribution in [0.1, 0.15) is 5.69 Å². The van der Waals surface area contributed by atoms with Crippen LogP contribution >= 0.6 is 0 Å². The first kappa shape index (κ1) is 13.2. The van der Waals surface area contributed by atoms with Crippen molar-refractivity contribution in [1.29, 1.82) is 0 Å². The zero-order chi connectivity index (χ0) is 14.7. The van der Waals surface area contributed by atoms with Crippen molar-refractivity contribution in [3.63, 3.8) is 0 Å². The van der Waals surface area contributed by atoms with Crippen LogP contribution in [0.4, 0.5) is 16.0 Å². The van der Waals surface area contributed by atoms with Gasteiger partial charge in [0.15, 0.2) is 0 Å². The fraction of sp³-hybridized carbons (Fsp3) is 0.0588. The Morgan fingerprint density at radius 3 is 2.33 bits per heavy atom. The first-order chi connectivity index (χ1) is 10.2. The highest BCUT2D eigenvalue weighted by Crippen LogP contribution is 2.25. The van der Waals surface area contributed by atoms with Gasteiger partial charge in [0.2, 0.25) is 5.95 Å². The van der Waals surface area contributed by atoms with Gasteiger partial charge in [0.05, 0.1) is 5.69 Å². The van der Waals surface area contributed by atoms with E-state index in [4.69, 9.17) is 0 Å². The number of nitrogens with zero attached hydrogens (tertiary/aromatic N) is 2. The molecule has 0 saturated heterocycles. The summed E-state index contributed by atoms with van der Waals surface area (Å²) in [5.74, 6) is 0.228. The Hall–Kier alpha value is -2.75. The van der Waals surface area contributed by atoms with E-state index in [9.17, 15) is 4.39 Å². The number of hydrogen-bond acceptors (Lipinski definition) is 3. The maximum atomic E-state index is 13.8. The second-order valence-electron chi connectivity index (χ2n) is 4.66. The summed E-state index contributed by atoms with van der Waals surface area (Å²) < 4.78 is 13.8. The van der Waals surface area contributed by atoms with Crippen LogP contribution in [0.2, 0.25) is 0 Å². The molecule has 0 unspecified atom stereocenters. The van der Waals surface area contributed by atoms with Crippen molar-refractivity contribution in [2.24, 2.45) is 0 Å². The van der Waals surface area contributed by atoms with Crippen molar-refractivity contribution in [3.05, 3.63) is 72.3 Å². The number of anilines is 2. The Labute approximate surface area is 122 Å². The molecule has 0 atom stereocenters. The molecule has 0 amide bonds. The predicted octanol–water partition coefficient (Wildman–Crippen LogP) is 4.33. The van der Waals surface area contributed by atoms with E-state index in [0.717, 1.165) is 11.4 Å². The molecule has 2 aromatic carbocycles. The maximum Gasteiger partial charge on any atom is 0.227 e. The second-order valence-corrected chi connectivity index (χ2v) is 4.66.